The molecule has 106 valence electrons. The van der Waals surface area contributed by atoms with Crippen LogP contribution >= 0.6 is 0 Å². The van der Waals surface area contributed by atoms with Crippen LogP contribution in [-0.4, -0.2) is 33.2 Å². The summed E-state index contributed by atoms with van der Waals surface area (Å²) in [6, 6.07) is 6.55. The number of carbonyl (C=O) groups excluding carboxylic acids is 1. The van der Waals surface area contributed by atoms with E-state index < -0.39 is 15.3 Å². The van der Waals surface area contributed by atoms with Crippen molar-refractivity contribution < 1.29 is 17.9 Å². The number of benzene rings is 1. The molecule has 2 rings (SSSR count). The van der Waals surface area contributed by atoms with Gasteiger partial charge in [0.2, 0.25) is 15.9 Å². The van der Waals surface area contributed by atoms with Crippen molar-refractivity contribution in [2.75, 3.05) is 18.6 Å². The zero-order valence-electron chi connectivity index (χ0n) is 10.7. The molecule has 1 aliphatic rings. The van der Waals surface area contributed by atoms with Crippen molar-refractivity contribution in [1.82, 2.24) is 0 Å². The Morgan fingerprint density at radius 3 is 2.70 bits per heavy atom. The number of rotatable bonds is 3. The largest absolute Gasteiger partial charge is 0.495 e. The first-order valence-electron chi connectivity index (χ1n) is 5.77. The highest BCUT2D eigenvalue weighted by atomic mass is 32.2. The normalized spacial score (nSPS) is 18.9. The molecule has 1 saturated heterocycles. The topological polar surface area (TPSA) is 113 Å². The Labute approximate surface area is 116 Å². The second kappa shape index (κ2) is 5.11. The fourth-order valence-corrected chi connectivity index (χ4v) is 2.83. The lowest BCUT2D eigenvalue weighted by Gasteiger charge is -2.19. The Bertz CT molecular complexity index is 693. The lowest BCUT2D eigenvalue weighted by molar-refractivity contribution is -0.117. The van der Waals surface area contributed by atoms with Gasteiger partial charge in [0.15, 0.2) is 0 Å². The van der Waals surface area contributed by atoms with Crippen LogP contribution in [0.3, 0.4) is 0 Å². The van der Waals surface area contributed by atoms with E-state index in [1.807, 2.05) is 6.07 Å². The minimum absolute atomic E-state index is 0.0140. The highest BCUT2D eigenvalue weighted by molar-refractivity contribution is 7.89. The molecule has 0 radical (unpaired) electrons. The summed E-state index contributed by atoms with van der Waals surface area (Å²) in [7, 11) is -2.35. The van der Waals surface area contributed by atoms with E-state index in [0.29, 0.717) is 17.0 Å². The lowest BCUT2D eigenvalue weighted by Crippen LogP contribution is -2.32. The SMILES string of the molecule is COc1cc(C#N)ccc1N1CC(S(N)(=O)=O)CC1=O. The van der Waals surface area contributed by atoms with Crippen molar-refractivity contribution in [1.29, 1.82) is 5.26 Å². The smallest absolute Gasteiger partial charge is 0.228 e. The molecule has 0 saturated carbocycles. The molecule has 0 aliphatic carbocycles. The summed E-state index contributed by atoms with van der Waals surface area (Å²) in [6.45, 7) is -0.0140. The van der Waals surface area contributed by atoms with Crippen molar-refractivity contribution >= 4 is 21.6 Å². The predicted octanol–water partition coefficient (Wildman–Crippen LogP) is -0.0393. The van der Waals surface area contributed by atoms with E-state index in [1.165, 1.54) is 24.1 Å². The van der Waals surface area contributed by atoms with Crippen LogP contribution in [0.5, 0.6) is 5.75 Å². The summed E-state index contributed by atoms with van der Waals surface area (Å²) in [6.07, 6.45) is -0.151. The minimum Gasteiger partial charge on any atom is -0.495 e. The number of primary sulfonamides is 1. The third-order valence-electron chi connectivity index (χ3n) is 3.15. The molecule has 0 spiro atoms. The molecule has 1 atom stereocenters. The number of hydrogen-bond acceptors (Lipinski definition) is 5. The van der Waals surface area contributed by atoms with Gasteiger partial charge in [0.05, 0.1) is 24.4 Å². The van der Waals surface area contributed by atoms with Gasteiger partial charge in [0, 0.05) is 19.0 Å². The quantitative estimate of drug-likeness (QED) is 0.840. The van der Waals surface area contributed by atoms with E-state index in [2.05, 4.69) is 0 Å². The predicted molar refractivity (Wildman–Crippen MR) is 71.6 cm³/mol. The van der Waals surface area contributed by atoms with E-state index >= 15 is 0 Å². The number of sulfonamides is 1. The first kappa shape index (κ1) is 14.3. The molecular formula is C12H13N3O4S. The fourth-order valence-electron chi connectivity index (χ4n) is 2.10. The zero-order chi connectivity index (χ0) is 14.9. The Balaban J connectivity index is 2.38. The molecular weight excluding hydrogens is 282 g/mol. The zero-order valence-corrected chi connectivity index (χ0v) is 11.6. The molecule has 1 heterocycles. The molecule has 1 amide bonds. The molecule has 0 aromatic heterocycles. The summed E-state index contributed by atoms with van der Waals surface area (Å²) < 4.78 is 27.8. The molecule has 1 unspecified atom stereocenters. The summed E-state index contributed by atoms with van der Waals surface area (Å²) >= 11 is 0. The monoisotopic (exact) mass is 295 g/mol. The van der Waals surface area contributed by atoms with Crippen molar-refractivity contribution in [2.45, 2.75) is 11.7 Å². The van der Waals surface area contributed by atoms with E-state index in [9.17, 15) is 13.2 Å². The second-order valence-electron chi connectivity index (χ2n) is 4.42. The molecule has 1 aromatic rings. The first-order chi connectivity index (χ1) is 9.36. The molecule has 1 fully saturated rings. The number of nitriles is 1. The number of nitrogens with zero attached hydrogens (tertiary/aromatic N) is 2. The van der Waals surface area contributed by atoms with E-state index in [4.69, 9.17) is 15.1 Å². The average Bonchev–Trinajstić information content (AvgIpc) is 2.80. The van der Waals surface area contributed by atoms with Crippen LogP contribution in [0, 0.1) is 11.3 Å². The standard InChI is InChI=1S/C12H13N3O4S/c1-19-11-4-8(6-13)2-3-10(11)15-7-9(5-12(15)16)20(14,17)18/h2-4,9H,5,7H2,1H3,(H2,14,17,18). The Morgan fingerprint density at radius 1 is 1.50 bits per heavy atom. The molecule has 7 nitrogen and oxygen atoms in total. The number of carbonyl (C=O) groups is 1. The summed E-state index contributed by atoms with van der Waals surface area (Å²) in [5, 5.41) is 13.0. The van der Waals surface area contributed by atoms with Crippen LogP contribution in [0.4, 0.5) is 5.69 Å². The summed E-state index contributed by atoms with van der Waals surface area (Å²) in [5.74, 6) is -0.000461. The van der Waals surface area contributed by atoms with Crippen LogP contribution < -0.4 is 14.8 Å². The Hall–Kier alpha value is -2.11. The Morgan fingerprint density at radius 2 is 2.20 bits per heavy atom. The van der Waals surface area contributed by atoms with Crippen molar-refractivity contribution in [3.63, 3.8) is 0 Å². The maximum absolute atomic E-state index is 11.9. The van der Waals surface area contributed by atoms with Gasteiger partial charge >= 0.3 is 0 Å². The van der Waals surface area contributed by atoms with Gasteiger partial charge in [-0.25, -0.2) is 13.6 Å². The van der Waals surface area contributed by atoms with Gasteiger partial charge < -0.3 is 9.64 Å². The third-order valence-corrected chi connectivity index (χ3v) is 4.40. The first-order valence-corrected chi connectivity index (χ1v) is 7.38. The van der Waals surface area contributed by atoms with Gasteiger partial charge in [-0.1, -0.05) is 0 Å². The molecule has 2 N–H and O–H groups in total. The Kier molecular flexibility index (Phi) is 3.65. The van der Waals surface area contributed by atoms with E-state index in [1.54, 1.807) is 6.07 Å². The van der Waals surface area contributed by atoms with Crippen molar-refractivity contribution in [3.05, 3.63) is 23.8 Å². The highest BCUT2D eigenvalue weighted by Crippen LogP contribution is 2.33. The van der Waals surface area contributed by atoms with Gasteiger partial charge in [-0.3, -0.25) is 4.79 Å². The number of hydrogen-bond donors (Lipinski definition) is 1. The van der Waals surface area contributed by atoms with Crippen LogP contribution in [0.15, 0.2) is 18.2 Å². The highest BCUT2D eigenvalue weighted by Gasteiger charge is 2.38. The van der Waals surface area contributed by atoms with E-state index in [0.717, 1.165) is 0 Å². The molecule has 1 aliphatic heterocycles. The maximum Gasteiger partial charge on any atom is 0.228 e. The number of anilines is 1. The van der Waals surface area contributed by atoms with Gasteiger partial charge in [-0.2, -0.15) is 5.26 Å². The van der Waals surface area contributed by atoms with Crippen LogP contribution in [0.1, 0.15) is 12.0 Å². The number of ether oxygens (including phenoxy) is 1. The molecule has 8 heteroatoms. The van der Waals surface area contributed by atoms with Crippen LogP contribution in [-0.2, 0) is 14.8 Å². The van der Waals surface area contributed by atoms with Crippen LogP contribution in [0.25, 0.3) is 0 Å². The van der Waals surface area contributed by atoms with Crippen LogP contribution in [0.2, 0.25) is 0 Å². The maximum atomic E-state index is 11.9. The van der Waals surface area contributed by atoms with Gasteiger partial charge in [-0.15, -0.1) is 0 Å². The van der Waals surface area contributed by atoms with Crippen molar-refractivity contribution in [2.24, 2.45) is 5.14 Å². The molecule has 0 bridgehead atoms. The molecule has 20 heavy (non-hydrogen) atoms. The number of methoxy groups -OCH3 is 1. The second-order valence-corrected chi connectivity index (χ2v) is 6.26. The van der Waals surface area contributed by atoms with Gasteiger partial charge in [0.1, 0.15) is 11.0 Å². The fraction of sp³-hybridized carbons (Fsp3) is 0.333. The summed E-state index contributed by atoms with van der Waals surface area (Å²) in [4.78, 5) is 13.3. The third kappa shape index (κ3) is 2.59. The minimum atomic E-state index is -3.76. The summed E-state index contributed by atoms with van der Waals surface area (Å²) in [5.41, 5.74) is 0.822. The van der Waals surface area contributed by atoms with Crippen molar-refractivity contribution in [3.8, 4) is 11.8 Å². The number of nitrogens with two attached hydrogens (primary N) is 1. The van der Waals surface area contributed by atoms with E-state index in [-0.39, 0.29) is 18.9 Å². The number of amides is 1. The lowest BCUT2D eigenvalue weighted by atomic mass is 10.2. The molecule has 1 aromatic carbocycles. The van der Waals surface area contributed by atoms with Gasteiger partial charge in [0.25, 0.3) is 0 Å². The average molecular weight is 295 g/mol. The van der Waals surface area contributed by atoms with Gasteiger partial charge in [-0.05, 0) is 12.1 Å².